The largest absolute Gasteiger partial charge is 0.483 e. The normalized spacial score (nSPS) is 10.8. The smallest absolute Gasteiger partial charge is 0.277 e. The van der Waals surface area contributed by atoms with Gasteiger partial charge in [-0.1, -0.05) is 47.5 Å². The second-order valence-electron chi connectivity index (χ2n) is 4.92. The lowest BCUT2D eigenvalue weighted by molar-refractivity contribution is -0.123. The van der Waals surface area contributed by atoms with E-state index in [0.29, 0.717) is 21.4 Å². The molecule has 0 bridgehead atoms. The van der Waals surface area contributed by atoms with Gasteiger partial charge in [0.15, 0.2) is 6.61 Å². The molecule has 0 aliphatic carbocycles. The third-order valence-electron chi connectivity index (χ3n) is 3.29. The second-order valence-corrected chi connectivity index (χ2v) is 5.71. The van der Waals surface area contributed by atoms with E-state index in [9.17, 15) is 4.79 Å². The number of carbonyl (C=O) groups is 1. The summed E-state index contributed by atoms with van der Waals surface area (Å²) in [6.07, 6.45) is 1.43. The molecule has 0 aromatic heterocycles. The van der Waals surface area contributed by atoms with Crippen LogP contribution in [0.25, 0.3) is 0 Å². The standard InChI is InChI=1S/C17H16Cl2N2O2/c1-11-5-3-8-15(12(11)2)23-10-16(22)21-20-9-13-6-4-7-14(18)17(13)19/h3-9H,10H2,1-2H3,(H,21,22)/b20-9+. The first-order valence-electron chi connectivity index (χ1n) is 6.94. The van der Waals surface area contributed by atoms with Crippen LogP contribution in [-0.4, -0.2) is 18.7 Å². The first-order valence-corrected chi connectivity index (χ1v) is 7.69. The predicted octanol–water partition coefficient (Wildman–Crippen LogP) is 4.14. The molecule has 23 heavy (non-hydrogen) atoms. The van der Waals surface area contributed by atoms with E-state index in [1.165, 1.54) is 6.21 Å². The third-order valence-corrected chi connectivity index (χ3v) is 4.12. The zero-order chi connectivity index (χ0) is 16.8. The number of hydrogen-bond donors (Lipinski definition) is 1. The summed E-state index contributed by atoms with van der Waals surface area (Å²) >= 11 is 11.9. The van der Waals surface area contributed by atoms with Crippen molar-refractivity contribution < 1.29 is 9.53 Å². The molecule has 0 aliphatic heterocycles. The zero-order valence-electron chi connectivity index (χ0n) is 12.8. The summed E-state index contributed by atoms with van der Waals surface area (Å²) in [6, 6.07) is 10.9. The van der Waals surface area contributed by atoms with Gasteiger partial charge in [-0.3, -0.25) is 4.79 Å². The number of rotatable bonds is 5. The molecule has 0 fully saturated rings. The maximum Gasteiger partial charge on any atom is 0.277 e. The van der Waals surface area contributed by atoms with Gasteiger partial charge in [0.05, 0.1) is 16.3 Å². The van der Waals surface area contributed by atoms with E-state index in [1.54, 1.807) is 18.2 Å². The summed E-state index contributed by atoms with van der Waals surface area (Å²) in [4.78, 5) is 11.7. The van der Waals surface area contributed by atoms with Crippen molar-refractivity contribution in [3.8, 4) is 5.75 Å². The molecule has 1 N–H and O–H groups in total. The number of amides is 1. The molecular formula is C17H16Cl2N2O2. The van der Waals surface area contributed by atoms with Crippen molar-refractivity contribution in [2.45, 2.75) is 13.8 Å². The molecular weight excluding hydrogens is 335 g/mol. The number of carbonyl (C=O) groups excluding carboxylic acids is 1. The van der Waals surface area contributed by atoms with Crippen LogP contribution >= 0.6 is 23.2 Å². The van der Waals surface area contributed by atoms with Gasteiger partial charge in [0.2, 0.25) is 0 Å². The van der Waals surface area contributed by atoms with E-state index in [-0.39, 0.29) is 12.5 Å². The Hall–Kier alpha value is -2.04. The highest BCUT2D eigenvalue weighted by molar-refractivity contribution is 6.43. The molecule has 0 radical (unpaired) electrons. The Bertz CT molecular complexity index is 745. The zero-order valence-corrected chi connectivity index (χ0v) is 14.3. The summed E-state index contributed by atoms with van der Waals surface area (Å²) in [5, 5.41) is 4.67. The van der Waals surface area contributed by atoms with E-state index in [4.69, 9.17) is 27.9 Å². The number of nitrogens with one attached hydrogen (secondary N) is 1. The fraction of sp³-hybridized carbons (Fsp3) is 0.176. The molecule has 4 nitrogen and oxygen atoms in total. The van der Waals surface area contributed by atoms with Crippen LogP contribution in [0.5, 0.6) is 5.75 Å². The molecule has 0 saturated carbocycles. The van der Waals surface area contributed by atoms with Crippen LogP contribution in [0.4, 0.5) is 0 Å². The molecule has 0 spiro atoms. The van der Waals surface area contributed by atoms with E-state index < -0.39 is 0 Å². The van der Waals surface area contributed by atoms with Crippen LogP contribution < -0.4 is 10.2 Å². The van der Waals surface area contributed by atoms with Gasteiger partial charge in [0.1, 0.15) is 5.75 Å². The number of nitrogens with zero attached hydrogens (tertiary/aromatic N) is 1. The first-order chi connectivity index (χ1) is 11.0. The Morgan fingerprint density at radius 2 is 1.96 bits per heavy atom. The van der Waals surface area contributed by atoms with Gasteiger partial charge in [-0.25, -0.2) is 5.43 Å². The predicted molar refractivity (Wildman–Crippen MR) is 93.6 cm³/mol. The molecule has 0 atom stereocenters. The van der Waals surface area contributed by atoms with Crippen molar-refractivity contribution in [3.63, 3.8) is 0 Å². The summed E-state index contributed by atoms with van der Waals surface area (Å²) in [6.45, 7) is 3.81. The van der Waals surface area contributed by atoms with Crippen LogP contribution in [-0.2, 0) is 4.79 Å². The Balaban J connectivity index is 1.89. The molecule has 2 rings (SSSR count). The van der Waals surface area contributed by atoms with E-state index in [1.807, 2.05) is 32.0 Å². The lowest BCUT2D eigenvalue weighted by Gasteiger charge is -2.09. The van der Waals surface area contributed by atoms with Gasteiger partial charge in [0.25, 0.3) is 5.91 Å². The third kappa shape index (κ3) is 4.71. The lowest BCUT2D eigenvalue weighted by atomic mass is 10.1. The molecule has 1 amide bonds. The van der Waals surface area contributed by atoms with Gasteiger partial charge in [0, 0.05) is 5.56 Å². The van der Waals surface area contributed by atoms with Gasteiger partial charge in [-0.2, -0.15) is 5.10 Å². The lowest BCUT2D eigenvalue weighted by Crippen LogP contribution is -2.24. The number of ether oxygens (including phenoxy) is 1. The number of halogens is 2. The number of aryl methyl sites for hydroxylation is 1. The Kier molecular flexibility index (Phi) is 6.02. The summed E-state index contributed by atoms with van der Waals surface area (Å²) < 4.78 is 5.49. The molecule has 0 aliphatic rings. The molecule has 0 unspecified atom stereocenters. The summed E-state index contributed by atoms with van der Waals surface area (Å²) in [7, 11) is 0. The molecule has 120 valence electrons. The van der Waals surface area contributed by atoms with Crippen molar-refractivity contribution in [2.75, 3.05) is 6.61 Å². The van der Waals surface area contributed by atoms with Crippen LogP contribution in [0, 0.1) is 13.8 Å². The highest BCUT2D eigenvalue weighted by atomic mass is 35.5. The Labute approximate surface area is 145 Å². The first kappa shape index (κ1) is 17.3. The maximum atomic E-state index is 11.7. The second kappa shape index (κ2) is 7.99. The van der Waals surface area contributed by atoms with Crippen LogP contribution in [0.3, 0.4) is 0 Å². The fourth-order valence-corrected chi connectivity index (χ4v) is 2.21. The van der Waals surface area contributed by atoms with Crippen LogP contribution in [0.2, 0.25) is 10.0 Å². The van der Waals surface area contributed by atoms with Gasteiger partial charge in [-0.15, -0.1) is 0 Å². The highest BCUT2D eigenvalue weighted by Gasteiger charge is 2.06. The average molecular weight is 351 g/mol. The van der Waals surface area contributed by atoms with Crippen molar-refractivity contribution in [1.82, 2.24) is 5.43 Å². The number of benzene rings is 2. The highest BCUT2D eigenvalue weighted by Crippen LogP contribution is 2.24. The summed E-state index contributed by atoms with van der Waals surface area (Å²) in [5.41, 5.74) is 5.12. The molecule has 2 aromatic rings. The van der Waals surface area contributed by atoms with Gasteiger partial charge >= 0.3 is 0 Å². The number of hydrogen-bond acceptors (Lipinski definition) is 3. The SMILES string of the molecule is Cc1cccc(OCC(=O)N/N=C/c2cccc(Cl)c2Cl)c1C. The maximum absolute atomic E-state index is 11.7. The van der Waals surface area contributed by atoms with Gasteiger partial charge in [-0.05, 0) is 37.1 Å². The topological polar surface area (TPSA) is 50.7 Å². The van der Waals surface area contributed by atoms with Crippen molar-refractivity contribution in [2.24, 2.45) is 5.10 Å². The molecule has 6 heteroatoms. The fourth-order valence-electron chi connectivity index (χ4n) is 1.85. The van der Waals surface area contributed by atoms with E-state index in [2.05, 4.69) is 10.5 Å². The monoisotopic (exact) mass is 350 g/mol. The Morgan fingerprint density at radius 1 is 1.22 bits per heavy atom. The van der Waals surface area contributed by atoms with Crippen molar-refractivity contribution >= 4 is 35.3 Å². The Morgan fingerprint density at radius 3 is 2.74 bits per heavy atom. The minimum Gasteiger partial charge on any atom is -0.483 e. The molecule has 0 saturated heterocycles. The van der Waals surface area contributed by atoms with E-state index in [0.717, 1.165) is 11.1 Å². The minimum absolute atomic E-state index is 0.120. The van der Waals surface area contributed by atoms with Gasteiger partial charge < -0.3 is 4.74 Å². The van der Waals surface area contributed by atoms with E-state index >= 15 is 0 Å². The molecule has 2 aromatic carbocycles. The summed E-state index contributed by atoms with van der Waals surface area (Å²) in [5.74, 6) is 0.322. The minimum atomic E-state index is -0.361. The average Bonchev–Trinajstić information content (AvgIpc) is 2.53. The van der Waals surface area contributed by atoms with Crippen molar-refractivity contribution in [3.05, 3.63) is 63.1 Å². The van der Waals surface area contributed by atoms with Crippen LogP contribution in [0.15, 0.2) is 41.5 Å². The van der Waals surface area contributed by atoms with Crippen molar-refractivity contribution in [1.29, 1.82) is 0 Å². The number of hydrazone groups is 1. The molecule has 0 heterocycles. The van der Waals surface area contributed by atoms with Crippen LogP contribution in [0.1, 0.15) is 16.7 Å². The quantitative estimate of drug-likeness (QED) is 0.650.